The van der Waals surface area contributed by atoms with Crippen LogP contribution in [0.25, 0.3) is 11.1 Å². The summed E-state index contributed by atoms with van der Waals surface area (Å²) in [4.78, 5) is 71.2. The molecule has 3 aliphatic heterocycles. The molecule has 2 aromatic carbocycles. The van der Waals surface area contributed by atoms with Crippen LogP contribution in [0.1, 0.15) is 75.2 Å². The van der Waals surface area contributed by atoms with Crippen LogP contribution in [0.2, 0.25) is 0 Å². The minimum atomic E-state index is -1.45. The van der Waals surface area contributed by atoms with Crippen molar-refractivity contribution in [2.75, 3.05) is 19.6 Å². The van der Waals surface area contributed by atoms with Crippen molar-refractivity contribution >= 4 is 29.8 Å². The smallest absolute Gasteiger partial charge is 0.408 e. The number of aryl methyl sites for hydroxylation is 1. The summed E-state index contributed by atoms with van der Waals surface area (Å²) in [5, 5.41) is 15.8. The van der Waals surface area contributed by atoms with E-state index in [1.54, 1.807) is 31.7 Å². The number of carbonyl (C=O) groups is 5. The highest BCUT2D eigenvalue weighted by Crippen LogP contribution is 2.46. The molecule has 3 N–H and O–H groups in total. The van der Waals surface area contributed by atoms with Gasteiger partial charge in [-0.25, -0.2) is 9.59 Å². The third-order valence-corrected chi connectivity index (χ3v) is 10.5. The van der Waals surface area contributed by atoms with Gasteiger partial charge in [0.15, 0.2) is 0 Å². The van der Waals surface area contributed by atoms with E-state index in [0.717, 1.165) is 36.0 Å². The molecule has 0 radical (unpaired) electrons. The molecule has 50 heavy (non-hydrogen) atoms. The standard InChI is InChI=1S/C39H48N4O7/c1-24-15-17-25(18-16-24)26-11-10-12-27(19-26)34(45)42-21-28-22-43-32(30(28)23-42)33(44)41-39(36(47)48)20-29(39)13-8-6-5-7-9-14-31(35(43)46)40-37(49)50-38(2,3)4/h8,10-13,15-19,28-32H,5-7,9,14,20-23H2,1-4H3,(H,40,49)(H,41,44)(H,47,48)/b13-8-/t28-,29+,30-,31+,32-,39+/m0/s1. The monoisotopic (exact) mass is 684 g/mol. The van der Waals surface area contributed by atoms with Crippen molar-refractivity contribution in [2.24, 2.45) is 17.8 Å². The minimum Gasteiger partial charge on any atom is -0.479 e. The zero-order valence-corrected chi connectivity index (χ0v) is 29.3. The number of carboxylic acid groups (broad SMARTS) is 1. The summed E-state index contributed by atoms with van der Waals surface area (Å²) in [5.41, 5.74) is 1.38. The molecule has 266 valence electrons. The van der Waals surface area contributed by atoms with Crippen LogP contribution in [0, 0.1) is 24.7 Å². The maximum Gasteiger partial charge on any atom is 0.408 e. The normalized spacial score (nSPS) is 29.0. The number of ether oxygens (including phenoxy) is 1. The third kappa shape index (κ3) is 7.41. The van der Waals surface area contributed by atoms with Crippen molar-refractivity contribution in [3.05, 3.63) is 71.8 Å². The molecule has 6 rings (SSSR count). The third-order valence-electron chi connectivity index (χ3n) is 10.5. The largest absolute Gasteiger partial charge is 0.479 e. The molecule has 2 aromatic rings. The second kappa shape index (κ2) is 13.9. The molecule has 11 nitrogen and oxygen atoms in total. The number of allylic oxidation sites excluding steroid dienone is 1. The van der Waals surface area contributed by atoms with E-state index in [1.165, 1.54) is 4.90 Å². The van der Waals surface area contributed by atoms with Crippen molar-refractivity contribution < 1.29 is 33.8 Å². The average Bonchev–Trinajstić information content (AvgIpc) is 3.41. The first-order valence-electron chi connectivity index (χ1n) is 17.7. The van der Waals surface area contributed by atoms with Gasteiger partial charge in [0.25, 0.3) is 5.91 Å². The van der Waals surface area contributed by atoms with Gasteiger partial charge in [-0.2, -0.15) is 0 Å². The van der Waals surface area contributed by atoms with E-state index in [1.807, 2.05) is 61.5 Å². The maximum absolute atomic E-state index is 14.3. The first-order chi connectivity index (χ1) is 23.8. The quantitative estimate of drug-likeness (QED) is 0.387. The van der Waals surface area contributed by atoms with Gasteiger partial charge >= 0.3 is 12.1 Å². The summed E-state index contributed by atoms with van der Waals surface area (Å²) in [6, 6.07) is 13.6. The molecule has 3 fully saturated rings. The van der Waals surface area contributed by atoms with Gasteiger partial charge in [-0.05, 0) is 76.6 Å². The van der Waals surface area contributed by atoms with Gasteiger partial charge in [-0.1, -0.05) is 67.0 Å². The van der Waals surface area contributed by atoms with Gasteiger partial charge in [0, 0.05) is 43.0 Å². The van der Waals surface area contributed by atoms with Crippen LogP contribution >= 0.6 is 0 Å². The number of rotatable bonds is 4. The van der Waals surface area contributed by atoms with Gasteiger partial charge in [0.05, 0.1) is 0 Å². The number of likely N-dealkylation sites (tertiary alicyclic amines) is 1. The molecule has 4 amide bonds. The number of nitrogens with zero attached hydrogens (tertiary/aromatic N) is 2. The van der Waals surface area contributed by atoms with Crippen molar-refractivity contribution in [3.63, 3.8) is 0 Å². The minimum absolute atomic E-state index is 0.164. The predicted octanol–water partition coefficient (Wildman–Crippen LogP) is 4.93. The number of benzene rings is 2. The van der Waals surface area contributed by atoms with E-state index in [4.69, 9.17) is 4.74 Å². The molecule has 11 heteroatoms. The van der Waals surface area contributed by atoms with Gasteiger partial charge in [0.1, 0.15) is 23.2 Å². The molecule has 1 saturated carbocycles. The Morgan fingerprint density at radius 1 is 0.980 bits per heavy atom. The van der Waals surface area contributed by atoms with Crippen LogP contribution in [0.15, 0.2) is 60.7 Å². The second-order valence-corrected chi connectivity index (χ2v) is 15.4. The Morgan fingerprint density at radius 2 is 1.74 bits per heavy atom. The van der Waals surface area contributed by atoms with E-state index in [-0.39, 0.29) is 37.3 Å². The van der Waals surface area contributed by atoms with E-state index >= 15 is 0 Å². The Labute approximate surface area is 293 Å². The number of fused-ring (bicyclic) bond motifs is 4. The fourth-order valence-corrected chi connectivity index (χ4v) is 7.75. The molecule has 6 atom stereocenters. The van der Waals surface area contributed by atoms with E-state index in [0.29, 0.717) is 24.9 Å². The highest BCUT2D eigenvalue weighted by molar-refractivity contribution is 5.98. The number of hydrogen-bond donors (Lipinski definition) is 3. The fraction of sp³-hybridized carbons (Fsp3) is 0.513. The number of amides is 4. The summed E-state index contributed by atoms with van der Waals surface area (Å²) >= 11 is 0. The molecule has 0 aromatic heterocycles. The van der Waals surface area contributed by atoms with Crippen molar-refractivity contribution in [1.29, 1.82) is 0 Å². The van der Waals surface area contributed by atoms with E-state index < -0.39 is 53.0 Å². The van der Waals surface area contributed by atoms with Crippen molar-refractivity contribution in [2.45, 2.75) is 89.4 Å². The molecule has 0 bridgehead atoms. The lowest BCUT2D eigenvalue weighted by Gasteiger charge is -2.33. The zero-order chi connectivity index (χ0) is 35.8. The summed E-state index contributed by atoms with van der Waals surface area (Å²) < 4.78 is 5.49. The van der Waals surface area contributed by atoms with Gasteiger partial charge < -0.3 is 30.3 Å². The molecule has 0 spiro atoms. The number of carboxylic acids is 1. The van der Waals surface area contributed by atoms with Crippen molar-refractivity contribution in [3.8, 4) is 11.1 Å². The molecule has 2 saturated heterocycles. The number of aliphatic carboxylic acids is 1. The first-order valence-corrected chi connectivity index (χ1v) is 17.7. The fourth-order valence-electron chi connectivity index (χ4n) is 7.75. The zero-order valence-electron chi connectivity index (χ0n) is 29.3. The summed E-state index contributed by atoms with van der Waals surface area (Å²) in [6.45, 7) is 8.03. The summed E-state index contributed by atoms with van der Waals surface area (Å²) in [5.74, 6) is -3.21. The molecule has 0 unspecified atom stereocenters. The Balaban J connectivity index is 1.27. The van der Waals surface area contributed by atoms with Crippen LogP contribution in [-0.4, -0.2) is 87.5 Å². The Hall–Kier alpha value is -4.67. The Morgan fingerprint density at radius 3 is 2.46 bits per heavy atom. The lowest BCUT2D eigenvalue weighted by Crippen LogP contribution is -2.58. The number of hydrogen-bond acceptors (Lipinski definition) is 6. The van der Waals surface area contributed by atoms with Crippen LogP contribution in [0.3, 0.4) is 0 Å². The number of alkyl carbamates (subject to hydrolysis) is 1. The summed E-state index contributed by atoms with van der Waals surface area (Å²) in [7, 11) is 0. The second-order valence-electron chi connectivity index (χ2n) is 15.4. The number of nitrogens with one attached hydrogen (secondary N) is 2. The van der Waals surface area contributed by atoms with Gasteiger partial charge in [-0.3, -0.25) is 14.4 Å². The van der Waals surface area contributed by atoms with Crippen molar-refractivity contribution in [1.82, 2.24) is 20.4 Å². The molecular formula is C39H48N4O7. The molecule has 4 aliphatic rings. The van der Waals surface area contributed by atoms with Crippen LogP contribution < -0.4 is 10.6 Å². The highest BCUT2D eigenvalue weighted by Gasteiger charge is 2.62. The Bertz CT molecular complexity index is 1680. The number of carbonyl (C=O) groups excluding carboxylic acids is 4. The van der Waals surface area contributed by atoms with Gasteiger partial charge in [-0.15, -0.1) is 0 Å². The SMILES string of the molecule is Cc1ccc(-c2cccc(C(=O)N3C[C@H]4CN5C(=O)[C@H](NC(=O)OC(C)(C)C)CCCCC/C=C\[C@@H]6C[C@@]6(C(=O)O)NC(=O)[C@@H]5[C@H]4C3)c2)cc1. The highest BCUT2D eigenvalue weighted by atomic mass is 16.6. The average molecular weight is 685 g/mol. The molecular weight excluding hydrogens is 636 g/mol. The first kappa shape index (κ1) is 35.2. The molecule has 3 heterocycles. The lowest BCUT2D eigenvalue weighted by molar-refractivity contribution is -0.146. The maximum atomic E-state index is 14.3. The predicted molar refractivity (Wildman–Crippen MR) is 187 cm³/mol. The summed E-state index contributed by atoms with van der Waals surface area (Å²) in [6.07, 6.45) is 6.84. The lowest BCUT2D eigenvalue weighted by atomic mass is 9.93. The van der Waals surface area contributed by atoms with Crippen LogP contribution in [0.4, 0.5) is 4.79 Å². The van der Waals surface area contributed by atoms with E-state index in [2.05, 4.69) is 10.6 Å². The van der Waals surface area contributed by atoms with Gasteiger partial charge in [0.2, 0.25) is 11.8 Å². The van der Waals surface area contributed by atoms with Crippen LogP contribution in [-0.2, 0) is 19.1 Å². The van der Waals surface area contributed by atoms with E-state index in [9.17, 15) is 29.1 Å². The van der Waals surface area contributed by atoms with Crippen LogP contribution in [0.5, 0.6) is 0 Å². The molecule has 1 aliphatic carbocycles. The topological polar surface area (TPSA) is 145 Å². The Kier molecular flexibility index (Phi) is 9.79.